The number of hydrogen-bond acceptors (Lipinski definition) is 2. The second kappa shape index (κ2) is 7.90. The molecule has 4 nitrogen and oxygen atoms in total. The van der Waals surface area contributed by atoms with Gasteiger partial charge in [-0.25, -0.2) is 0 Å². The van der Waals surface area contributed by atoms with Crippen LogP contribution in [-0.4, -0.2) is 28.3 Å². The van der Waals surface area contributed by atoms with Gasteiger partial charge in [0.1, 0.15) is 0 Å². The lowest BCUT2D eigenvalue weighted by molar-refractivity contribution is -0.136. The van der Waals surface area contributed by atoms with Crippen molar-refractivity contribution in [1.82, 2.24) is 10.2 Å². The summed E-state index contributed by atoms with van der Waals surface area (Å²) >= 11 is 0. The van der Waals surface area contributed by atoms with Gasteiger partial charge >= 0.3 is 0 Å². The number of hydrogen-bond donors (Lipinski definition) is 1. The van der Waals surface area contributed by atoms with Gasteiger partial charge in [-0.1, -0.05) is 48.6 Å². The Labute approximate surface area is 156 Å². The van der Waals surface area contributed by atoms with Crippen molar-refractivity contribution in [2.24, 2.45) is 0 Å². The first-order valence-electron chi connectivity index (χ1n) is 9.47. The third-order valence-electron chi connectivity index (χ3n) is 5.52. The first kappa shape index (κ1) is 18.4. The van der Waals surface area contributed by atoms with Crippen molar-refractivity contribution in [2.75, 3.05) is 0 Å². The minimum atomic E-state index is -0.255. The molecule has 0 radical (unpaired) electrons. The molecule has 0 unspecified atom stereocenters. The van der Waals surface area contributed by atoms with E-state index in [-0.39, 0.29) is 29.4 Å². The van der Waals surface area contributed by atoms with Crippen molar-refractivity contribution in [1.29, 1.82) is 0 Å². The maximum absolute atomic E-state index is 13.2. The SMILES string of the molecule is C=CC[C@@H]1CC=C[C@@H](c2ccccc2)N1C(=O)CC[C@@]1(C)CCC(=O)N1. The standard InChI is InChI=1S/C22H28N2O2/c1-3-8-18-11-7-12-19(17-9-5-4-6-10-17)24(18)21(26)14-16-22(2)15-13-20(25)23-22/h3-7,9-10,12,18-19H,1,8,11,13-16H2,2H3,(H,23,25)/t18-,19+,22-/m1/s1. The van der Waals surface area contributed by atoms with Crippen LogP contribution in [0.25, 0.3) is 0 Å². The summed E-state index contributed by atoms with van der Waals surface area (Å²) in [6.07, 6.45) is 10.3. The van der Waals surface area contributed by atoms with Gasteiger partial charge in [-0.2, -0.15) is 0 Å². The number of amides is 2. The lowest BCUT2D eigenvalue weighted by Crippen LogP contribution is -2.45. The Kier molecular flexibility index (Phi) is 5.60. The number of nitrogens with zero attached hydrogens (tertiary/aromatic N) is 1. The highest BCUT2D eigenvalue weighted by Gasteiger charge is 2.36. The lowest BCUT2D eigenvalue weighted by Gasteiger charge is -2.40. The van der Waals surface area contributed by atoms with Gasteiger partial charge in [-0.3, -0.25) is 9.59 Å². The summed E-state index contributed by atoms with van der Waals surface area (Å²) in [6.45, 7) is 5.90. The van der Waals surface area contributed by atoms with E-state index in [0.29, 0.717) is 19.3 Å². The molecule has 2 aliphatic heterocycles. The minimum Gasteiger partial charge on any atom is -0.351 e. The van der Waals surface area contributed by atoms with Gasteiger partial charge in [0, 0.05) is 24.4 Å². The fraction of sp³-hybridized carbons (Fsp3) is 0.455. The monoisotopic (exact) mass is 352 g/mol. The summed E-state index contributed by atoms with van der Waals surface area (Å²) in [6, 6.07) is 10.3. The number of rotatable bonds is 6. The largest absolute Gasteiger partial charge is 0.351 e. The fourth-order valence-electron chi connectivity index (χ4n) is 4.03. The Morgan fingerprint density at radius 2 is 2.15 bits per heavy atom. The van der Waals surface area contributed by atoms with Crippen LogP contribution in [0.5, 0.6) is 0 Å². The highest BCUT2D eigenvalue weighted by atomic mass is 16.2. The van der Waals surface area contributed by atoms with E-state index in [4.69, 9.17) is 0 Å². The molecule has 2 heterocycles. The molecule has 3 rings (SSSR count). The van der Waals surface area contributed by atoms with E-state index in [1.54, 1.807) is 0 Å². The van der Waals surface area contributed by atoms with Gasteiger partial charge in [0.2, 0.25) is 11.8 Å². The number of carbonyl (C=O) groups excluding carboxylic acids is 2. The number of nitrogens with one attached hydrogen (secondary N) is 1. The Bertz CT molecular complexity index is 697. The second-order valence-electron chi connectivity index (χ2n) is 7.61. The van der Waals surface area contributed by atoms with E-state index in [0.717, 1.165) is 24.8 Å². The molecule has 1 aromatic carbocycles. The molecule has 138 valence electrons. The van der Waals surface area contributed by atoms with Crippen molar-refractivity contribution in [2.45, 2.75) is 63.1 Å². The zero-order valence-electron chi connectivity index (χ0n) is 15.5. The predicted octanol–water partition coefficient (Wildman–Crippen LogP) is 3.91. The van der Waals surface area contributed by atoms with Crippen molar-refractivity contribution in [3.8, 4) is 0 Å². The van der Waals surface area contributed by atoms with E-state index in [9.17, 15) is 9.59 Å². The van der Waals surface area contributed by atoms with Gasteiger partial charge < -0.3 is 10.2 Å². The summed E-state index contributed by atoms with van der Waals surface area (Å²) in [7, 11) is 0. The maximum Gasteiger partial charge on any atom is 0.223 e. The Hall–Kier alpha value is -2.36. The van der Waals surface area contributed by atoms with Crippen LogP contribution in [0.2, 0.25) is 0 Å². The Morgan fingerprint density at radius 1 is 1.38 bits per heavy atom. The summed E-state index contributed by atoms with van der Waals surface area (Å²) < 4.78 is 0. The normalized spacial score (nSPS) is 28.0. The molecule has 2 amide bonds. The smallest absolute Gasteiger partial charge is 0.223 e. The minimum absolute atomic E-state index is 0.0339. The molecular formula is C22H28N2O2. The van der Waals surface area contributed by atoms with Crippen LogP contribution < -0.4 is 5.32 Å². The van der Waals surface area contributed by atoms with Crippen LogP contribution in [0.3, 0.4) is 0 Å². The molecule has 26 heavy (non-hydrogen) atoms. The van der Waals surface area contributed by atoms with Gasteiger partial charge in [0.15, 0.2) is 0 Å². The van der Waals surface area contributed by atoms with Crippen LogP contribution in [0.4, 0.5) is 0 Å². The summed E-state index contributed by atoms with van der Waals surface area (Å²) in [5.41, 5.74) is 0.875. The molecule has 4 heteroatoms. The van der Waals surface area contributed by atoms with Crippen molar-refractivity contribution in [3.63, 3.8) is 0 Å². The molecule has 1 aromatic rings. The van der Waals surface area contributed by atoms with Crippen LogP contribution in [0.15, 0.2) is 55.1 Å². The zero-order valence-corrected chi connectivity index (χ0v) is 15.5. The van der Waals surface area contributed by atoms with Crippen LogP contribution >= 0.6 is 0 Å². The Morgan fingerprint density at radius 3 is 2.81 bits per heavy atom. The molecule has 1 fully saturated rings. The highest BCUT2D eigenvalue weighted by Crippen LogP contribution is 2.33. The highest BCUT2D eigenvalue weighted by molar-refractivity contribution is 5.80. The van der Waals surface area contributed by atoms with Crippen LogP contribution in [0, 0.1) is 0 Å². The van der Waals surface area contributed by atoms with E-state index < -0.39 is 0 Å². The Balaban J connectivity index is 1.77. The molecule has 0 bridgehead atoms. The molecule has 0 spiro atoms. The molecule has 0 aliphatic carbocycles. The quantitative estimate of drug-likeness (QED) is 0.789. The summed E-state index contributed by atoms with van der Waals surface area (Å²) in [4.78, 5) is 26.8. The summed E-state index contributed by atoms with van der Waals surface area (Å²) in [5.74, 6) is 0.241. The lowest BCUT2D eigenvalue weighted by atomic mass is 9.91. The molecule has 0 aromatic heterocycles. The fourth-order valence-corrected chi connectivity index (χ4v) is 4.03. The molecule has 1 saturated heterocycles. The van der Waals surface area contributed by atoms with E-state index in [1.807, 2.05) is 36.1 Å². The summed E-state index contributed by atoms with van der Waals surface area (Å²) in [5, 5.41) is 3.03. The molecule has 0 saturated carbocycles. The topological polar surface area (TPSA) is 49.4 Å². The second-order valence-corrected chi connectivity index (χ2v) is 7.61. The van der Waals surface area contributed by atoms with Gasteiger partial charge in [0.05, 0.1) is 6.04 Å². The average Bonchev–Trinajstić information content (AvgIpc) is 3.00. The molecule has 3 atom stereocenters. The van der Waals surface area contributed by atoms with Crippen LogP contribution in [-0.2, 0) is 9.59 Å². The maximum atomic E-state index is 13.2. The molecular weight excluding hydrogens is 324 g/mol. The van der Waals surface area contributed by atoms with E-state index in [2.05, 4.69) is 36.2 Å². The average molecular weight is 352 g/mol. The van der Waals surface area contributed by atoms with Gasteiger partial charge in [0.25, 0.3) is 0 Å². The van der Waals surface area contributed by atoms with Crippen molar-refractivity contribution < 1.29 is 9.59 Å². The third-order valence-corrected chi connectivity index (χ3v) is 5.52. The van der Waals surface area contributed by atoms with Gasteiger partial charge in [-0.05, 0) is 38.2 Å². The van der Waals surface area contributed by atoms with Gasteiger partial charge in [-0.15, -0.1) is 6.58 Å². The number of benzene rings is 1. The van der Waals surface area contributed by atoms with E-state index >= 15 is 0 Å². The third kappa shape index (κ3) is 4.06. The predicted molar refractivity (Wildman–Crippen MR) is 103 cm³/mol. The zero-order chi connectivity index (χ0) is 18.6. The molecule has 2 aliphatic rings. The molecule has 1 N–H and O–H groups in total. The number of carbonyl (C=O) groups is 2. The first-order chi connectivity index (χ1) is 12.5. The van der Waals surface area contributed by atoms with Crippen molar-refractivity contribution >= 4 is 11.8 Å². The first-order valence-corrected chi connectivity index (χ1v) is 9.47. The van der Waals surface area contributed by atoms with Crippen molar-refractivity contribution in [3.05, 3.63) is 60.7 Å². The van der Waals surface area contributed by atoms with E-state index in [1.165, 1.54) is 0 Å². The van der Waals surface area contributed by atoms with Crippen LogP contribution in [0.1, 0.15) is 57.1 Å².